The van der Waals surface area contributed by atoms with Crippen molar-refractivity contribution < 1.29 is 0 Å². The summed E-state index contributed by atoms with van der Waals surface area (Å²) in [7, 11) is 0. The van der Waals surface area contributed by atoms with Gasteiger partial charge in [0.25, 0.3) is 5.56 Å². The minimum absolute atomic E-state index is 0.150. The van der Waals surface area contributed by atoms with E-state index in [4.69, 9.17) is 11.6 Å². The fourth-order valence-corrected chi connectivity index (χ4v) is 2.73. The molecule has 3 rings (SSSR count). The van der Waals surface area contributed by atoms with E-state index in [1.54, 1.807) is 12.1 Å². The average Bonchev–Trinajstić information content (AvgIpc) is 3.14. The Labute approximate surface area is 156 Å². The van der Waals surface area contributed by atoms with Crippen molar-refractivity contribution in [2.24, 2.45) is 4.99 Å². The molecule has 0 radical (unpaired) electrons. The molecule has 0 bridgehead atoms. The molecule has 0 aliphatic rings. The number of nitrogens with zero attached hydrogens (tertiary/aromatic N) is 2. The number of pyridine rings is 1. The zero-order chi connectivity index (χ0) is 18.5. The van der Waals surface area contributed by atoms with Gasteiger partial charge in [0, 0.05) is 40.4 Å². The van der Waals surface area contributed by atoms with E-state index in [9.17, 15) is 4.79 Å². The van der Waals surface area contributed by atoms with E-state index >= 15 is 0 Å². The number of allylic oxidation sites excluding steroid dienone is 2. The first-order valence-corrected chi connectivity index (χ1v) is 8.53. The van der Waals surface area contributed by atoms with Gasteiger partial charge in [0.15, 0.2) is 0 Å². The minimum atomic E-state index is -0.150. The van der Waals surface area contributed by atoms with Crippen molar-refractivity contribution in [3.05, 3.63) is 94.3 Å². The molecule has 2 aromatic heterocycles. The van der Waals surface area contributed by atoms with Gasteiger partial charge in [-0.25, -0.2) is 4.99 Å². The van der Waals surface area contributed by atoms with Crippen molar-refractivity contribution in [2.45, 2.75) is 13.5 Å². The predicted molar refractivity (Wildman–Crippen MR) is 108 cm³/mol. The lowest BCUT2D eigenvalue weighted by molar-refractivity contribution is 0.794. The molecule has 0 saturated heterocycles. The summed E-state index contributed by atoms with van der Waals surface area (Å²) in [6, 6.07) is 11.0. The second-order valence-electron chi connectivity index (χ2n) is 5.72. The Kier molecular flexibility index (Phi) is 5.39. The minimum Gasteiger partial charge on any atom is -0.366 e. The summed E-state index contributed by atoms with van der Waals surface area (Å²) in [4.78, 5) is 19.6. The highest BCUT2D eigenvalue weighted by Gasteiger charge is 2.05. The summed E-state index contributed by atoms with van der Waals surface area (Å²) < 4.78 is 1.89. The lowest BCUT2D eigenvalue weighted by atomic mass is 10.1. The van der Waals surface area contributed by atoms with E-state index in [1.165, 1.54) is 0 Å². The van der Waals surface area contributed by atoms with Gasteiger partial charge in [0.05, 0.1) is 0 Å². The number of H-pyrrole nitrogens is 1. The monoisotopic (exact) mass is 366 g/mol. The lowest BCUT2D eigenvalue weighted by Gasteiger charge is -2.09. The summed E-state index contributed by atoms with van der Waals surface area (Å²) in [5.41, 5.74) is 1.19. The van der Waals surface area contributed by atoms with Crippen molar-refractivity contribution >= 4 is 28.3 Å². The van der Waals surface area contributed by atoms with Gasteiger partial charge in [0.2, 0.25) is 0 Å². The normalized spacial score (nSPS) is 12.0. The van der Waals surface area contributed by atoms with Crippen molar-refractivity contribution in [3.8, 4) is 0 Å². The molecule has 26 heavy (non-hydrogen) atoms. The third kappa shape index (κ3) is 4.13. The van der Waals surface area contributed by atoms with E-state index in [-0.39, 0.29) is 5.56 Å². The first-order valence-electron chi connectivity index (χ1n) is 8.16. The largest absolute Gasteiger partial charge is 0.366 e. The highest BCUT2D eigenvalue weighted by atomic mass is 35.5. The number of halogens is 1. The number of fused-ring (bicyclic) bond motifs is 1. The van der Waals surface area contributed by atoms with Crippen molar-refractivity contribution in [3.63, 3.8) is 0 Å². The lowest BCUT2D eigenvalue weighted by Crippen LogP contribution is -2.20. The average molecular weight is 367 g/mol. The number of aliphatic imine (C=N–C) groups is 1. The Bertz CT molecular complexity index is 1050. The van der Waals surface area contributed by atoms with Gasteiger partial charge >= 0.3 is 0 Å². The van der Waals surface area contributed by atoms with Crippen molar-refractivity contribution in [2.75, 3.05) is 0 Å². The van der Waals surface area contributed by atoms with Gasteiger partial charge in [-0.15, -0.1) is 0 Å². The number of benzene rings is 1. The van der Waals surface area contributed by atoms with Gasteiger partial charge in [0.1, 0.15) is 11.7 Å². The van der Waals surface area contributed by atoms with Crippen molar-refractivity contribution in [1.29, 1.82) is 0 Å². The maximum Gasteiger partial charge on any atom is 0.253 e. The summed E-state index contributed by atoms with van der Waals surface area (Å²) >= 11 is 6.03. The number of hydrogen-bond acceptors (Lipinski definition) is 3. The molecule has 3 aromatic rings. The molecule has 2 heterocycles. The van der Waals surface area contributed by atoms with Crippen molar-refractivity contribution in [1.82, 2.24) is 14.9 Å². The number of nitrogens with one attached hydrogen (secondary N) is 2. The van der Waals surface area contributed by atoms with E-state index in [0.29, 0.717) is 23.0 Å². The molecule has 0 fully saturated rings. The Hall–Kier alpha value is -3.05. The van der Waals surface area contributed by atoms with Gasteiger partial charge in [-0.3, -0.25) is 4.79 Å². The van der Waals surface area contributed by atoms with Gasteiger partial charge in [-0.1, -0.05) is 24.3 Å². The highest BCUT2D eigenvalue weighted by molar-refractivity contribution is 6.31. The molecule has 0 saturated carbocycles. The van der Waals surface area contributed by atoms with Gasteiger partial charge in [-0.05, 0) is 49.4 Å². The van der Waals surface area contributed by atoms with Crippen LogP contribution in [0.25, 0.3) is 10.9 Å². The molecule has 132 valence electrons. The Balaban J connectivity index is 1.78. The molecular weight excluding hydrogens is 348 g/mol. The summed E-state index contributed by atoms with van der Waals surface area (Å²) in [5.74, 6) is 1.20. The van der Waals surface area contributed by atoms with Gasteiger partial charge in [-0.2, -0.15) is 0 Å². The first-order chi connectivity index (χ1) is 12.6. The van der Waals surface area contributed by atoms with Crippen LogP contribution >= 0.6 is 11.6 Å². The molecular formula is C20H19ClN4O. The third-order valence-electron chi connectivity index (χ3n) is 3.80. The Morgan fingerprint density at radius 1 is 1.35 bits per heavy atom. The molecule has 0 spiro atoms. The number of aromatic nitrogens is 2. The van der Waals surface area contributed by atoms with E-state index < -0.39 is 0 Å². The number of hydrogen-bond donors (Lipinski definition) is 2. The van der Waals surface area contributed by atoms with E-state index in [0.717, 1.165) is 16.7 Å². The standard InChI is InChI=1S/C20H19ClN4O/c1-3-6-19(25-9-4-5-10-25)23-14(2)22-13-16-11-15-12-17(21)7-8-18(15)24-20(16)26/h3-12,22H,2,13H2,1H3,(H,24,26)/b6-3-,23-19+. The molecule has 2 N–H and O–H groups in total. The molecule has 5 nitrogen and oxygen atoms in total. The van der Waals surface area contributed by atoms with Crippen LogP contribution in [0.1, 0.15) is 12.5 Å². The Morgan fingerprint density at radius 3 is 2.85 bits per heavy atom. The van der Waals surface area contributed by atoms with E-state index in [1.807, 2.05) is 60.3 Å². The van der Waals surface area contributed by atoms with Crippen LogP contribution in [0.2, 0.25) is 5.02 Å². The molecule has 0 atom stereocenters. The molecule has 0 aliphatic heterocycles. The van der Waals surface area contributed by atoms with Crippen LogP contribution in [0, 0.1) is 0 Å². The smallest absolute Gasteiger partial charge is 0.253 e. The third-order valence-corrected chi connectivity index (χ3v) is 4.04. The van der Waals surface area contributed by atoms with Crippen LogP contribution < -0.4 is 10.9 Å². The molecule has 0 unspecified atom stereocenters. The molecule has 0 amide bonds. The second kappa shape index (κ2) is 7.89. The van der Waals surface area contributed by atoms with Gasteiger partial charge < -0.3 is 14.9 Å². The molecule has 0 aliphatic carbocycles. The van der Waals surface area contributed by atoms with Crippen LogP contribution in [0.4, 0.5) is 0 Å². The fourth-order valence-electron chi connectivity index (χ4n) is 2.55. The van der Waals surface area contributed by atoms with Crippen LogP contribution in [0.15, 0.2) is 83.1 Å². The zero-order valence-corrected chi connectivity index (χ0v) is 15.1. The highest BCUT2D eigenvalue weighted by Crippen LogP contribution is 2.17. The number of rotatable bonds is 5. The maximum atomic E-state index is 12.2. The summed E-state index contributed by atoms with van der Waals surface area (Å²) in [6.07, 6.45) is 7.61. The number of aromatic amines is 1. The van der Waals surface area contributed by atoms with Crippen LogP contribution in [-0.2, 0) is 6.54 Å². The van der Waals surface area contributed by atoms with Crippen LogP contribution in [0.3, 0.4) is 0 Å². The van der Waals surface area contributed by atoms with Crippen LogP contribution in [-0.4, -0.2) is 15.4 Å². The SMILES string of the molecule is C=C(/N=C(\C=C/C)n1cccc1)NCc1cc2cc(Cl)ccc2[nH]c1=O. The summed E-state index contributed by atoms with van der Waals surface area (Å²) in [6.45, 7) is 6.17. The first kappa shape index (κ1) is 17.8. The van der Waals surface area contributed by atoms with Crippen LogP contribution in [0.5, 0.6) is 0 Å². The maximum absolute atomic E-state index is 12.2. The topological polar surface area (TPSA) is 62.2 Å². The predicted octanol–water partition coefficient (Wildman–Crippen LogP) is 4.07. The quantitative estimate of drug-likeness (QED) is 0.528. The Morgan fingerprint density at radius 2 is 2.12 bits per heavy atom. The fraction of sp³-hybridized carbons (Fsp3) is 0.100. The zero-order valence-electron chi connectivity index (χ0n) is 14.4. The summed E-state index contributed by atoms with van der Waals surface area (Å²) in [5, 5.41) is 4.59. The second-order valence-corrected chi connectivity index (χ2v) is 6.15. The molecule has 6 heteroatoms. The molecule has 1 aromatic carbocycles. The van der Waals surface area contributed by atoms with E-state index in [2.05, 4.69) is 21.9 Å².